The van der Waals surface area contributed by atoms with E-state index in [4.69, 9.17) is 5.73 Å². The van der Waals surface area contributed by atoms with Crippen LogP contribution in [0.3, 0.4) is 0 Å². The molecule has 1 amide bonds. The van der Waals surface area contributed by atoms with Crippen LogP contribution < -0.4 is 11.1 Å². The zero-order valence-corrected chi connectivity index (χ0v) is 12.5. The lowest BCUT2D eigenvalue weighted by Gasteiger charge is -2.29. The number of amides is 1. The highest BCUT2D eigenvalue weighted by molar-refractivity contribution is 5.95. The monoisotopic (exact) mass is 275 g/mol. The standard InChI is InChI=1S/C16H25N3O/c1-12-8-14(10-15(17)9-12)16(20)18-13(2)11-19-6-4-3-5-7-19/h8-10,13H,3-7,11,17H2,1-2H3,(H,18,20). The number of benzene rings is 1. The highest BCUT2D eigenvalue weighted by Crippen LogP contribution is 2.12. The van der Waals surface area contributed by atoms with Crippen molar-refractivity contribution in [3.8, 4) is 0 Å². The maximum Gasteiger partial charge on any atom is 0.251 e. The molecule has 1 unspecified atom stereocenters. The molecule has 1 fully saturated rings. The third-order valence-corrected chi connectivity index (χ3v) is 3.72. The number of hydrogen-bond acceptors (Lipinski definition) is 3. The van der Waals surface area contributed by atoms with Crippen molar-refractivity contribution in [1.82, 2.24) is 10.2 Å². The van der Waals surface area contributed by atoms with Gasteiger partial charge in [0.05, 0.1) is 0 Å². The van der Waals surface area contributed by atoms with Crippen LogP contribution in [0, 0.1) is 6.92 Å². The predicted molar refractivity (Wildman–Crippen MR) is 82.8 cm³/mol. The third kappa shape index (κ3) is 4.23. The van der Waals surface area contributed by atoms with Crippen LogP contribution in [0.4, 0.5) is 5.69 Å². The molecule has 0 saturated carbocycles. The van der Waals surface area contributed by atoms with Crippen molar-refractivity contribution >= 4 is 11.6 Å². The normalized spacial score (nSPS) is 17.7. The van der Waals surface area contributed by atoms with Crippen molar-refractivity contribution in [3.63, 3.8) is 0 Å². The number of nitrogens with two attached hydrogens (primary N) is 1. The Hall–Kier alpha value is -1.55. The highest BCUT2D eigenvalue weighted by atomic mass is 16.1. The number of aryl methyl sites for hydroxylation is 1. The maximum atomic E-state index is 12.2. The minimum absolute atomic E-state index is 0.0371. The predicted octanol–water partition coefficient (Wildman–Crippen LogP) is 2.18. The molecule has 2 rings (SSSR count). The van der Waals surface area contributed by atoms with Crippen LogP contribution in [0.25, 0.3) is 0 Å². The highest BCUT2D eigenvalue weighted by Gasteiger charge is 2.16. The van der Waals surface area contributed by atoms with Crippen LogP contribution in [0.1, 0.15) is 42.1 Å². The molecule has 1 aromatic rings. The summed E-state index contributed by atoms with van der Waals surface area (Å²) in [5.41, 5.74) is 8.09. The summed E-state index contributed by atoms with van der Waals surface area (Å²) in [5, 5.41) is 3.06. The molecule has 1 aliphatic heterocycles. The SMILES string of the molecule is Cc1cc(N)cc(C(=O)NC(C)CN2CCCCC2)c1. The molecular weight excluding hydrogens is 250 g/mol. The average Bonchev–Trinajstić information content (AvgIpc) is 2.38. The van der Waals surface area contributed by atoms with Crippen LogP contribution in [0.2, 0.25) is 0 Å². The number of nitrogens with one attached hydrogen (secondary N) is 1. The molecule has 0 bridgehead atoms. The second kappa shape index (κ2) is 6.75. The van der Waals surface area contributed by atoms with Gasteiger partial charge in [0.25, 0.3) is 5.91 Å². The topological polar surface area (TPSA) is 58.4 Å². The Kier molecular flexibility index (Phi) is 5.01. The molecule has 0 aromatic heterocycles. The van der Waals surface area contributed by atoms with Gasteiger partial charge in [-0.05, 0) is 63.5 Å². The molecule has 20 heavy (non-hydrogen) atoms. The molecular formula is C16H25N3O. The molecule has 0 aliphatic carbocycles. The van der Waals surface area contributed by atoms with Gasteiger partial charge < -0.3 is 16.0 Å². The third-order valence-electron chi connectivity index (χ3n) is 3.72. The van der Waals surface area contributed by atoms with E-state index in [0.29, 0.717) is 11.3 Å². The first-order valence-corrected chi connectivity index (χ1v) is 7.45. The zero-order chi connectivity index (χ0) is 14.5. The van der Waals surface area contributed by atoms with E-state index in [1.807, 2.05) is 19.1 Å². The molecule has 1 saturated heterocycles. The van der Waals surface area contributed by atoms with E-state index in [2.05, 4.69) is 17.1 Å². The van der Waals surface area contributed by atoms with Crippen LogP contribution in [-0.4, -0.2) is 36.5 Å². The Morgan fingerprint density at radius 1 is 1.30 bits per heavy atom. The first-order valence-electron chi connectivity index (χ1n) is 7.45. The van der Waals surface area contributed by atoms with E-state index in [1.165, 1.54) is 19.3 Å². The van der Waals surface area contributed by atoms with Gasteiger partial charge in [-0.2, -0.15) is 0 Å². The summed E-state index contributed by atoms with van der Waals surface area (Å²) >= 11 is 0. The molecule has 4 nitrogen and oxygen atoms in total. The van der Waals surface area contributed by atoms with Gasteiger partial charge in [0.1, 0.15) is 0 Å². The smallest absolute Gasteiger partial charge is 0.251 e. The van der Waals surface area contributed by atoms with Gasteiger partial charge in [0.15, 0.2) is 0 Å². The summed E-state index contributed by atoms with van der Waals surface area (Å²) in [7, 11) is 0. The number of likely N-dealkylation sites (tertiary alicyclic amines) is 1. The van der Waals surface area contributed by atoms with Crippen molar-refractivity contribution in [2.24, 2.45) is 0 Å². The lowest BCUT2D eigenvalue weighted by Crippen LogP contribution is -2.43. The minimum atomic E-state index is -0.0371. The van der Waals surface area contributed by atoms with Gasteiger partial charge in [-0.1, -0.05) is 6.42 Å². The summed E-state index contributed by atoms with van der Waals surface area (Å²) < 4.78 is 0. The summed E-state index contributed by atoms with van der Waals surface area (Å²) in [6.07, 6.45) is 3.88. The van der Waals surface area contributed by atoms with E-state index in [-0.39, 0.29) is 11.9 Å². The van der Waals surface area contributed by atoms with Crippen molar-refractivity contribution in [2.45, 2.75) is 39.2 Å². The van der Waals surface area contributed by atoms with Crippen molar-refractivity contribution in [2.75, 3.05) is 25.4 Å². The number of piperidine rings is 1. The second-order valence-electron chi connectivity index (χ2n) is 5.87. The summed E-state index contributed by atoms with van der Waals surface area (Å²) in [6.45, 7) is 7.23. The van der Waals surface area contributed by atoms with Crippen LogP contribution in [0.5, 0.6) is 0 Å². The van der Waals surface area contributed by atoms with E-state index in [9.17, 15) is 4.79 Å². The Morgan fingerprint density at radius 3 is 2.65 bits per heavy atom. The molecule has 4 heteroatoms. The molecule has 1 heterocycles. The first kappa shape index (κ1) is 14.9. The average molecular weight is 275 g/mol. The number of hydrogen-bond donors (Lipinski definition) is 2. The van der Waals surface area contributed by atoms with Crippen LogP contribution in [-0.2, 0) is 0 Å². The molecule has 0 radical (unpaired) electrons. The van der Waals surface area contributed by atoms with E-state index >= 15 is 0 Å². The first-order chi connectivity index (χ1) is 9.54. The number of carbonyl (C=O) groups excluding carboxylic acids is 1. The lowest BCUT2D eigenvalue weighted by molar-refractivity contribution is 0.0925. The quantitative estimate of drug-likeness (QED) is 0.828. The zero-order valence-electron chi connectivity index (χ0n) is 12.5. The Balaban J connectivity index is 1.89. The van der Waals surface area contributed by atoms with Gasteiger partial charge in [-0.3, -0.25) is 4.79 Å². The summed E-state index contributed by atoms with van der Waals surface area (Å²) in [4.78, 5) is 14.6. The fraction of sp³-hybridized carbons (Fsp3) is 0.562. The molecule has 1 aliphatic rings. The number of nitrogens with zero attached hydrogens (tertiary/aromatic N) is 1. The van der Waals surface area contributed by atoms with Crippen LogP contribution >= 0.6 is 0 Å². The number of anilines is 1. The van der Waals surface area contributed by atoms with E-state index < -0.39 is 0 Å². The molecule has 1 aromatic carbocycles. The minimum Gasteiger partial charge on any atom is -0.399 e. The second-order valence-corrected chi connectivity index (χ2v) is 5.87. The fourth-order valence-electron chi connectivity index (χ4n) is 2.83. The summed E-state index contributed by atoms with van der Waals surface area (Å²) in [6, 6.07) is 5.63. The van der Waals surface area contributed by atoms with Crippen molar-refractivity contribution in [1.29, 1.82) is 0 Å². The number of nitrogen functional groups attached to an aromatic ring is 1. The van der Waals surface area contributed by atoms with Gasteiger partial charge in [0, 0.05) is 23.8 Å². The van der Waals surface area contributed by atoms with Crippen molar-refractivity contribution in [3.05, 3.63) is 29.3 Å². The molecule has 110 valence electrons. The molecule has 0 spiro atoms. The Bertz CT molecular complexity index is 447. The van der Waals surface area contributed by atoms with E-state index in [1.54, 1.807) is 6.07 Å². The maximum absolute atomic E-state index is 12.2. The van der Waals surface area contributed by atoms with Gasteiger partial charge in [-0.15, -0.1) is 0 Å². The van der Waals surface area contributed by atoms with Crippen LogP contribution in [0.15, 0.2) is 18.2 Å². The summed E-state index contributed by atoms with van der Waals surface area (Å²) in [5.74, 6) is -0.0371. The molecule has 1 atom stereocenters. The number of rotatable bonds is 4. The Labute approximate surface area is 121 Å². The van der Waals surface area contributed by atoms with Gasteiger partial charge >= 0.3 is 0 Å². The number of carbonyl (C=O) groups is 1. The largest absolute Gasteiger partial charge is 0.399 e. The van der Waals surface area contributed by atoms with Gasteiger partial charge in [0.2, 0.25) is 0 Å². The van der Waals surface area contributed by atoms with E-state index in [0.717, 1.165) is 25.2 Å². The lowest BCUT2D eigenvalue weighted by atomic mass is 10.1. The van der Waals surface area contributed by atoms with Crippen molar-refractivity contribution < 1.29 is 4.79 Å². The van der Waals surface area contributed by atoms with Gasteiger partial charge in [-0.25, -0.2) is 0 Å². The molecule has 3 N–H and O–H groups in total. The fourth-order valence-corrected chi connectivity index (χ4v) is 2.83. The Morgan fingerprint density at radius 2 is 2.00 bits per heavy atom.